The zero-order valence-corrected chi connectivity index (χ0v) is 16.6. The van der Waals surface area contributed by atoms with Gasteiger partial charge >= 0.3 is 6.18 Å². The van der Waals surface area contributed by atoms with Crippen molar-refractivity contribution in [2.24, 2.45) is 10.7 Å². The molecule has 0 spiro atoms. The number of fused-ring (bicyclic) bond motifs is 1. The lowest BCUT2D eigenvalue weighted by Gasteiger charge is -2.11. The van der Waals surface area contributed by atoms with Gasteiger partial charge in [-0.3, -0.25) is 0 Å². The van der Waals surface area contributed by atoms with Crippen LogP contribution in [0.2, 0.25) is 0 Å². The molecule has 4 aromatic rings. The van der Waals surface area contributed by atoms with E-state index in [1.54, 1.807) is 30.5 Å². The van der Waals surface area contributed by atoms with Gasteiger partial charge in [0.05, 0.1) is 22.9 Å². The van der Waals surface area contributed by atoms with E-state index in [-0.39, 0.29) is 11.5 Å². The van der Waals surface area contributed by atoms with Gasteiger partial charge in [-0.15, -0.1) is 0 Å². The van der Waals surface area contributed by atoms with Crippen LogP contribution in [0.15, 0.2) is 78.6 Å². The summed E-state index contributed by atoms with van der Waals surface area (Å²) in [4.78, 5) is 11.4. The summed E-state index contributed by atoms with van der Waals surface area (Å²) >= 11 is 0. The number of nitriles is 1. The molecule has 2 aromatic heterocycles. The quantitative estimate of drug-likeness (QED) is 0.308. The summed E-state index contributed by atoms with van der Waals surface area (Å²) in [5.74, 6) is 0.00847. The van der Waals surface area contributed by atoms with Crippen LogP contribution in [-0.4, -0.2) is 15.8 Å². The van der Waals surface area contributed by atoms with E-state index in [0.717, 1.165) is 23.3 Å². The topological polar surface area (TPSA) is 90.8 Å². The van der Waals surface area contributed by atoms with Gasteiger partial charge in [0, 0.05) is 28.9 Å². The van der Waals surface area contributed by atoms with Crippen molar-refractivity contribution in [2.75, 3.05) is 0 Å². The van der Waals surface area contributed by atoms with E-state index < -0.39 is 11.7 Å². The van der Waals surface area contributed by atoms with Gasteiger partial charge in [-0.25, -0.2) is 9.98 Å². The molecule has 4 rings (SSSR count). The molecule has 0 aliphatic carbocycles. The third-order valence-electron chi connectivity index (χ3n) is 4.88. The zero-order chi connectivity index (χ0) is 22.9. The summed E-state index contributed by atoms with van der Waals surface area (Å²) in [5.41, 5.74) is 8.28. The maximum absolute atomic E-state index is 13.5. The van der Waals surface area contributed by atoms with Gasteiger partial charge in [0.2, 0.25) is 0 Å². The Morgan fingerprint density at radius 1 is 1.12 bits per heavy atom. The number of aromatic amines is 1. The van der Waals surface area contributed by atoms with Crippen LogP contribution in [0.1, 0.15) is 11.1 Å². The number of H-pyrrole nitrogens is 1. The smallest absolute Gasteiger partial charge is 0.384 e. The summed E-state index contributed by atoms with van der Waals surface area (Å²) < 4.78 is 40.5. The Morgan fingerprint density at radius 3 is 2.66 bits per heavy atom. The lowest BCUT2D eigenvalue weighted by molar-refractivity contribution is -0.137. The van der Waals surface area contributed by atoms with E-state index in [9.17, 15) is 18.4 Å². The number of rotatable bonds is 4. The van der Waals surface area contributed by atoms with Gasteiger partial charge in [0.1, 0.15) is 11.5 Å². The minimum absolute atomic E-state index is 0.00847. The Hall–Kier alpha value is -4.38. The number of hydrogen-bond donors (Lipinski definition) is 2. The molecule has 0 amide bonds. The third kappa shape index (κ3) is 4.09. The van der Waals surface area contributed by atoms with Gasteiger partial charge in [-0.1, -0.05) is 18.7 Å². The first kappa shape index (κ1) is 20.9. The molecule has 8 heteroatoms. The molecule has 0 aliphatic rings. The molecule has 0 aliphatic heterocycles. The Labute approximate surface area is 181 Å². The molecule has 158 valence electrons. The van der Waals surface area contributed by atoms with Gasteiger partial charge in [0.15, 0.2) is 0 Å². The first-order chi connectivity index (χ1) is 15.3. The van der Waals surface area contributed by atoms with Gasteiger partial charge in [-0.05, 0) is 53.6 Å². The fraction of sp³-hybridized carbons (Fsp3) is 0.0417. The second kappa shape index (κ2) is 8.04. The van der Waals surface area contributed by atoms with Crippen LogP contribution in [0.4, 0.5) is 18.9 Å². The SMILES string of the molecule is C=CC(N)=Nc1cc(-c2cnc3[nH]cc(-c4cccc(C#N)c4)c3c2)cc(C(F)(F)F)c1. The standard InChI is InChI=1S/C24H16F3N5/c1-2-22(29)32-19-8-16(7-18(10-19)24(25,26)27)17-9-20-21(13-31-23(20)30-12-17)15-5-3-4-14(6-15)11-28/h2-10,12-13H,1H2,(H2,29,32)(H,30,31). The molecule has 0 fully saturated rings. The number of aliphatic imine (C=N–C) groups is 1. The molecule has 0 radical (unpaired) electrons. The van der Waals surface area contributed by atoms with E-state index in [1.807, 2.05) is 6.07 Å². The van der Waals surface area contributed by atoms with Crippen molar-refractivity contribution in [1.82, 2.24) is 9.97 Å². The van der Waals surface area contributed by atoms with Crippen molar-refractivity contribution in [3.05, 3.63) is 84.7 Å². The number of benzene rings is 2. The number of amidine groups is 1. The molecule has 0 bridgehead atoms. The number of pyridine rings is 1. The average molecular weight is 431 g/mol. The fourth-order valence-corrected chi connectivity index (χ4v) is 3.36. The van der Waals surface area contributed by atoms with Gasteiger partial charge in [-0.2, -0.15) is 18.4 Å². The first-order valence-electron chi connectivity index (χ1n) is 9.45. The van der Waals surface area contributed by atoms with Crippen LogP contribution in [0.5, 0.6) is 0 Å². The summed E-state index contributed by atoms with van der Waals surface area (Å²) in [7, 11) is 0. The normalized spacial score (nSPS) is 12.0. The predicted octanol–water partition coefficient (Wildman–Crippen LogP) is 5.96. The van der Waals surface area contributed by atoms with E-state index in [1.165, 1.54) is 18.3 Å². The van der Waals surface area contributed by atoms with Crippen molar-refractivity contribution < 1.29 is 13.2 Å². The lowest BCUT2D eigenvalue weighted by atomic mass is 9.99. The minimum Gasteiger partial charge on any atom is -0.384 e. The number of alkyl halides is 3. The maximum Gasteiger partial charge on any atom is 0.416 e. The average Bonchev–Trinajstić information content (AvgIpc) is 3.21. The predicted molar refractivity (Wildman–Crippen MR) is 118 cm³/mol. The monoisotopic (exact) mass is 431 g/mol. The van der Waals surface area contributed by atoms with Crippen LogP contribution in [0, 0.1) is 11.3 Å². The highest BCUT2D eigenvalue weighted by molar-refractivity contribution is 5.96. The van der Waals surface area contributed by atoms with Crippen molar-refractivity contribution >= 4 is 22.6 Å². The summed E-state index contributed by atoms with van der Waals surface area (Å²) in [6.45, 7) is 3.48. The first-order valence-corrected chi connectivity index (χ1v) is 9.45. The number of hydrogen-bond acceptors (Lipinski definition) is 3. The molecule has 5 nitrogen and oxygen atoms in total. The second-order valence-corrected chi connectivity index (χ2v) is 7.02. The third-order valence-corrected chi connectivity index (χ3v) is 4.88. The van der Waals surface area contributed by atoms with E-state index >= 15 is 0 Å². The Balaban J connectivity index is 1.89. The van der Waals surface area contributed by atoms with Gasteiger partial charge in [0.25, 0.3) is 0 Å². The second-order valence-electron chi connectivity index (χ2n) is 7.02. The Kier molecular flexibility index (Phi) is 5.24. The minimum atomic E-state index is -4.56. The van der Waals surface area contributed by atoms with E-state index in [0.29, 0.717) is 27.7 Å². The number of halogens is 3. The number of nitrogens with one attached hydrogen (secondary N) is 1. The molecule has 0 atom stereocenters. The number of aromatic nitrogens is 2. The highest BCUT2D eigenvalue weighted by atomic mass is 19.4. The van der Waals surface area contributed by atoms with E-state index in [4.69, 9.17) is 5.73 Å². The fourth-order valence-electron chi connectivity index (χ4n) is 3.36. The summed E-state index contributed by atoms with van der Waals surface area (Å²) in [6.07, 6.45) is -0.0502. The van der Waals surface area contributed by atoms with Crippen molar-refractivity contribution in [2.45, 2.75) is 6.18 Å². The zero-order valence-electron chi connectivity index (χ0n) is 16.6. The largest absolute Gasteiger partial charge is 0.416 e. The van der Waals surface area contributed by atoms with Crippen LogP contribution < -0.4 is 5.73 Å². The lowest BCUT2D eigenvalue weighted by Crippen LogP contribution is -2.07. The molecule has 3 N–H and O–H groups in total. The summed E-state index contributed by atoms with van der Waals surface area (Å²) in [6, 6.07) is 14.4. The van der Waals surface area contributed by atoms with Crippen LogP contribution >= 0.6 is 0 Å². The van der Waals surface area contributed by atoms with Crippen LogP contribution in [-0.2, 0) is 6.18 Å². The number of nitrogens with two attached hydrogens (primary N) is 1. The Bertz CT molecular complexity index is 1410. The van der Waals surface area contributed by atoms with E-state index in [2.05, 4.69) is 27.6 Å². The molecular formula is C24H16F3N5. The van der Waals surface area contributed by atoms with Gasteiger partial charge < -0.3 is 10.7 Å². The van der Waals surface area contributed by atoms with Crippen LogP contribution in [0.3, 0.4) is 0 Å². The molecule has 2 heterocycles. The van der Waals surface area contributed by atoms with Crippen molar-refractivity contribution in [1.29, 1.82) is 5.26 Å². The Morgan fingerprint density at radius 2 is 1.94 bits per heavy atom. The summed E-state index contributed by atoms with van der Waals surface area (Å²) in [5, 5.41) is 9.89. The number of nitrogens with zero attached hydrogens (tertiary/aromatic N) is 3. The molecular weight excluding hydrogens is 415 g/mol. The highest BCUT2D eigenvalue weighted by Crippen LogP contribution is 2.37. The van der Waals surface area contributed by atoms with Crippen molar-refractivity contribution in [3.63, 3.8) is 0 Å². The molecule has 0 unspecified atom stereocenters. The van der Waals surface area contributed by atoms with Crippen LogP contribution in [0.25, 0.3) is 33.3 Å². The maximum atomic E-state index is 13.5. The molecule has 0 saturated heterocycles. The molecule has 2 aromatic carbocycles. The van der Waals surface area contributed by atoms with Crippen molar-refractivity contribution in [3.8, 4) is 28.3 Å². The highest BCUT2D eigenvalue weighted by Gasteiger charge is 2.31. The molecule has 0 saturated carbocycles. The molecule has 32 heavy (non-hydrogen) atoms.